The highest BCUT2D eigenvalue weighted by atomic mass is 16.5. The minimum atomic E-state index is -2.02. The summed E-state index contributed by atoms with van der Waals surface area (Å²) in [6, 6.07) is 0.0208. The summed E-state index contributed by atoms with van der Waals surface area (Å²) >= 11 is 0. The number of likely N-dealkylation sites (N-methyl/N-ethyl adjacent to an activating group) is 1. The summed E-state index contributed by atoms with van der Waals surface area (Å²) in [7, 11) is 0. The normalized spacial score (nSPS) is 39.4. The molecule has 0 radical (unpaired) electrons. The molecule has 1 atom stereocenters. The predicted octanol–water partition coefficient (Wildman–Crippen LogP) is -0.00530. The van der Waals surface area contributed by atoms with E-state index in [9.17, 15) is 0 Å². The summed E-state index contributed by atoms with van der Waals surface area (Å²) in [6.45, 7) is -0.815. The summed E-state index contributed by atoms with van der Waals surface area (Å²) in [6.07, 6.45) is 0.804. The lowest BCUT2D eigenvalue weighted by Crippen LogP contribution is -2.24. The Morgan fingerprint density at radius 2 is 3.00 bits per heavy atom. The van der Waals surface area contributed by atoms with Gasteiger partial charge in [-0.2, -0.15) is 0 Å². The van der Waals surface area contributed by atoms with E-state index in [1.807, 2.05) is 0 Å². The fourth-order valence-electron chi connectivity index (χ4n) is 0.648. The second-order valence-electron chi connectivity index (χ2n) is 1.70. The van der Waals surface area contributed by atoms with E-state index in [1.54, 1.807) is 0 Å². The zero-order chi connectivity index (χ0) is 7.61. The molecule has 0 amide bonds. The van der Waals surface area contributed by atoms with Gasteiger partial charge in [-0.05, 0) is 13.4 Å². The van der Waals surface area contributed by atoms with Gasteiger partial charge in [-0.15, -0.1) is 0 Å². The molecule has 0 saturated carbocycles. The molecule has 0 bridgehead atoms. The SMILES string of the molecule is [2H]C([2H])([2H])NC1CCOC1. The molecule has 1 N–H and O–H groups in total. The second kappa shape index (κ2) is 2.28. The number of ether oxygens (including phenoxy) is 1. The van der Waals surface area contributed by atoms with Crippen molar-refractivity contribution in [3.05, 3.63) is 0 Å². The van der Waals surface area contributed by atoms with Crippen molar-refractivity contribution in [2.75, 3.05) is 20.2 Å². The van der Waals surface area contributed by atoms with Gasteiger partial charge in [0.25, 0.3) is 0 Å². The van der Waals surface area contributed by atoms with Crippen molar-refractivity contribution in [2.24, 2.45) is 0 Å². The first-order valence-corrected chi connectivity index (χ1v) is 2.43. The third kappa shape index (κ3) is 1.14. The van der Waals surface area contributed by atoms with E-state index in [0.717, 1.165) is 6.42 Å². The molecule has 1 aliphatic heterocycles. The molecule has 0 aromatic heterocycles. The first kappa shape index (κ1) is 2.46. The molecule has 1 fully saturated rings. The van der Waals surface area contributed by atoms with Crippen molar-refractivity contribution < 1.29 is 8.85 Å². The van der Waals surface area contributed by atoms with Crippen LogP contribution in [0.2, 0.25) is 0 Å². The van der Waals surface area contributed by atoms with E-state index in [2.05, 4.69) is 5.32 Å². The fourth-order valence-corrected chi connectivity index (χ4v) is 0.648. The largest absolute Gasteiger partial charge is 0.380 e. The molecule has 1 rings (SSSR count). The Bertz CT molecular complexity index is 108. The molecule has 1 heterocycles. The molecule has 0 aromatic carbocycles. The molecule has 1 saturated heterocycles. The van der Waals surface area contributed by atoms with Crippen LogP contribution in [-0.2, 0) is 4.74 Å². The average Bonchev–Trinajstić information content (AvgIpc) is 2.12. The highest BCUT2D eigenvalue weighted by Crippen LogP contribution is 2.00. The Morgan fingerprint density at radius 3 is 3.57 bits per heavy atom. The van der Waals surface area contributed by atoms with Crippen LogP contribution < -0.4 is 5.32 Å². The number of hydrogen-bond acceptors (Lipinski definition) is 2. The molecule has 1 aliphatic rings. The zero-order valence-electron chi connectivity index (χ0n) is 7.11. The summed E-state index contributed by atoms with van der Waals surface area (Å²) in [4.78, 5) is 0. The van der Waals surface area contributed by atoms with Crippen LogP contribution >= 0.6 is 0 Å². The molecule has 0 aliphatic carbocycles. The lowest BCUT2D eigenvalue weighted by molar-refractivity contribution is 0.191. The second-order valence-corrected chi connectivity index (χ2v) is 1.70. The van der Waals surface area contributed by atoms with Crippen molar-refractivity contribution >= 4 is 0 Å². The smallest absolute Gasteiger partial charge is 0.0620 e. The third-order valence-electron chi connectivity index (χ3n) is 1.13. The predicted molar refractivity (Wildman–Crippen MR) is 28.3 cm³/mol. The van der Waals surface area contributed by atoms with Gasteiger partial charge in [0.2, 0.25) is 0 Å². The van der Waals surface area contributed by atoms with Crippen LogP contribution in [0.25, 0.3) is 0 Å². The van der Waals surface area contributed by atoms with E-state index in [1.165, 1.54) is 0 Å². The summed E-state index contributed by atoms with van der Waals surface area (Å²) < 4.78 is 25.6. The molecule has 2 nitrogen and oxygen atoms in total. The molecule has 7 heavy (non-hydrogen) atoms. The Balaban J connectivity index is 2.24. The Hall–Kier alpha value is -0.0800. The Morgan fingerprint density at radius 1 is 2.00 bits per heavy atom. The van der Waals surface area contributed by atoms with Gasteiger partial charge in [-0.3, -0.25) is 0 Å². The van der Waals surface area contributed by atoms with Crippen molar-refractivity contribution in [3.63, 3.8) is 0 Å². The Kier molecular flexibility index (Phi) is 0.804. The maximum Gasteiger partial charge on any atom is 0.0620 e. The van der Waals surface area contributed by atoms with Crippen LogP contribution in [0.1, 0.15) is 10.5 Å². The fraction of sp³-hybridized carbons (Fsp3) is 1.00. The molecule has 0 aromatic rings. The third-order valence-corrected chi connectivity index (χ3v) is 1.13. The topological polar surface area (TPSA) is 21.3 Å². The summed E-state index contributed by atoms with van der Waals surface area (Å²) in [5.74, 6) is 0. The number of rotatable bonds is 1. The van der Waals surface area contributed by atoms with Gasteiger partial charge in [0.05, 0.1) is 6.61 Å². The molecule has 2 heteroatoms. The van der Waals surface area contributed by atoms with E-state index < -0.39 is 6.98 Å². The summed E-state index contributed by atoms with van der Waals surface area (Å²) in [5, 5.41) is 2.49. The standard InChI is InChI=1S/C5H11NO/c1-6-5-2-3-7-4-5/h5-6H,2-4H2,1H3/i1D3. The highest BCUT2D eigenvalue weighted by molar-refractivity contribution is 4.67. The van der Waals surface area contributed by atoms with Crippen molar-refractivity contribution in [2.45, 2.75) is 12.5 Å². The van der Waals surface area contributed by atoms with Crippen molar-refractivity contribution in [3.8, 4) is 0 Å². The first-order chi connectivity index (χ1) is 4.58. The van der Waals surface area contributed by atoms with Crippen LogP contribution in [0.15, 0.2) is 0 Å². The zero-order valence-corrected chi connectivity index (χ0v) is 4.11. The van der Waals surface area contributed by atoms with Crippen molar-refractivity contribution in [1.29, 1.82) is 0 Å². The minimum absolute atomic E-state index is 0.0208. The van der Waals surface area contributed by atoms with Crippen LogP contribution in [-0.4, -0.2) is 26.2 Å². The van der Waals surface area contributed by atoms with E-state index in [0.29, 0.717) is 13.2 Å². The lowest BCUT2D eigenvalue weighted by Gasteiger charge is -2.01. The van der Waals surface area contributed by atoms with Crippen LogP contribution in [0.3, 0.4) is 0 Å². The maximum absolute atomic E-state index is 6.86. The van der Waals surface area contributed by atoms with E-state index >= 15 is 0 Å². The van der Waals surface area contributed by atoms with Gasteiger partial charge in [-0.1, -0.05) is 0 Å². The Labute approximate surface area is 48.1 Å². The number of nitrogens with one attached hydrogen (secondary N) is 1. The molecule has 0 spiro atoms. The monoisotopic (exact) mass is 104 g/mol. The lowest BCUT2D eigenvalue weighted by atomic mass is 10.3. The van der Waals surface area contributed by atoms with E-state index in [4.69, 9.17) is 8.85 Å². The van der Waals surface area contributed by atoms with Crippen LogP contribution in [0, 0.1) is 0 Å². The first-order valence-electron chi connectivity index (χ1n) is 3.93. The van der Waals surface area contributed by atoms with Gasteiger partial charge in [-0.25, -0.2) is 0 Å². The molecular weight excluding hydrogens is 90.1 g/mol. The van der Waals surface area contributed by atoms with Gasteiger partial charge in [0.15, 0.2) is 0 Å². The van der Waals surface area contributed by atoms with Gasteiger partial charge in [0.1, 0.15) is 0 Å². The number of hydrogen-bond donors (Lipinski definition) is 1. The van der Waals surface area contributed by atoms with E-state index in [-0.39, 0.29) is 6.04 Å². The van der Waals surface area contributed by atoms with Crippen molar-refractivity contribution in [1.82, 2.24) is 5.32 Å². The van der Waals surface area contributed by atoms with Crippen LogP contribution in [0.5, 0.6) is 0 Å². The average molecular weight is 104 g/mol. The van der Waals surface area contributed by atoms with Crippen LogP contribution in [0.4, 0.5) is 0 Å². The maximum atomic E-state index is 6.86. The summed E-state index contributed by atoms with van der Waals surface area (Å²) in [5.41, 5.74) is 0. The minimum Gasteiger partial charge on any atom is -0.380 e. The highest BCUT2D eigenvalue weighted by Gasteiger charge is 2.11. The van der Waals surface area contributed by atoms with Gasteiger partial charge in [0, 0.05) is 16.8 Å². The molecule has 1 unspecified atom stereocenters. The van der Waals surface area contributed by atoms with Gasteiger partial charge < -0.3 is 10.1 Å². The quantitative estimate of drug-likeness (QED) is 0.505. The molecule has 42 valence electrons. The molecular formula is C5H11NO. The van der Waals surface area contributed by atoms with Gasteiger partial charge >= 0.3 is 0 Å².